The zero-order valence-corrected chi connectivity index (χ0v) is 12.8. The summed E-state index contributed by atoms with van der Waals surface area (Å²) in [5.74, 6) is -0.308. The SMILES string of the molecule is C[NH+](C)C.Cc1ccccc1Oc1ccccc1C(=O)[O-]. The first kappa shape index (κ1) is 16.7. The molecule has 0 amide bonds. The van der Waals surface area contributed by atoms with Crippen molar-refractivity contribution in [3.63, 3.8) is 0 Å². The van der Waals surface area contributed by atoms with Crippen LogP contribution >= 0.6 is 0 Å². The lowest BCUT2D eigenvalue weighted by Crippen LogP contribution is -3.02. The molecule has 0 saturated heterocycles. The Balaban J connectivity index is 0.000000491. The van der Waals surface area contributed by atoms with Gasteiger partial charge in [0.2, 0.25) is 0 Å². The maximum absolute atomic E-state index is 10.9. The summed E-state index contributed by atoms with van der Waals surface area (Å²) in [6.07, 6.45) is 0. The zero-order valence-electron chi connectivity index (χ0n) is 12.8. The molecule has 0 heterocycles. The second-order valence-corrected chi connectivity index (χ2v) is 5.15. The van der Waals surface area contributed by atoms with Gasteiger partial charge in [-0.25, -0.2) is 0 Å². The van der Waals surface area contributed by atoms with Gasteiger partial charge in [-0.1, -0.05) is 30.3 Å². The van der Waals surface area contributed by atoms with E-state index >= 15 is 0 Å². The van der Waals surface area contributed by atoms with E-state index < -0.39 is 5.97 Å². The predicted octanol–water partition coefficient (Wildman–Crippen LogP) is 0.912. The Morgan fingerprint density at radius 3 is 1.95 bits per heavy atom. The Kier molecular flexibility index (Phi) is 6.43. The number of carbonyl (C=O) groups is 1. The second-order valence-electron chi connectivity index (χ2n) is 5.15. The van der Waals surface area contributed by atoms with Crippen LogP contribution in [0.5, 0.6) is 11.5 Å². The molecular formula is C17H21NO3. The van der Waals surface area contributed by atoms with Crippen molar-refractivity contribution in [2.45, 2.75) is 6.92 Å². The van der Waals surface area contributed by atoms with Crippen molar-refractivity contribution in [3.8, 4) is 11.5 Å². The van der Waals surface area contributed by atoms with Crippen LogP contribution in [-0.4, -0.2) is 27.1 Å². The molecule has 0 aliphatic heterocycles. The fourth-order valence-electron chi connectivity index (χ4n) is 1.51. The lowest BCUT2D eigenvalue weighted by Gasteiger charge is -2.12. The zero-order chi connectivity index (χ0) is 15.8. The number of nitrogens with one attached hydrogen (secondary N) is 1. The molecule has 0 fully saturated rings. The smallest absolute Gasteiger partial charge is 0.136 e. The highest BCUT2D eigenvalue weighted by Gasteiger charge is 2.06. The molecule has 0 radical (unpaired) electrons. The van der Waals surface area contributed by atoms with E-state index in [1.54, 1.807) is 24.3 Å². The standard InChI is InChI=1S/C14H12O3.C3H9N/c1-10-6-2-4-8-12(10)17-13-9-5-3-7-11(13)14(15)16;1-4(2)3/h2-9H,1H3,(H,15,16);1-3H3. The third kappa shape index (κ3) is 5.67. The first-order valence-corrected chi connectivity index (χ1v) is 6.72. The van der Waals surface area contributed by atoms with Crippen molar-refractivity contribution in [1.29, 1.82) is 0 Å². The number of para-hydroxylation sites is 2. The molecule has 0 bridgehead atoms. The predicted molar refractivity (Wildman–Crippen MR) is 80.8 cm³/mol. The Bertz CT molecular complexity index is 591. The van der Waals surface area contributed by atoms with Crippen LogP contribution < -0.4 is 14.7 Å². The number of hydrogen-bond donors (Lipinski definition) is 1. The first-order chi connectivity index (χ1) is 9.91. The van der Waals surface area contributed by atoms with Gasteiger partial charge in [-0.2, -0.15) is 0 Å². The molecular weight excluding hydrogens is 266 g/mol. The number of carboxylic acid groups (broad SMARTS) is 1. The van der Waals surface area contributed by atoms with Crippen molar-refractivity contribution in [1.82, 2.24) is 0 Å². The lowest BCUT2D eigenvalue weighted by atomic mass is 10.2. The summed E-state index contributed by atoms with van der Waals surface area (Å²) < 4.78 is 5.58. The second kappa shape index (κ2) is 8.07. The normalized spacial score (nSPS) is 9.76. The van der Waals surface area contributed by atoms with Crippen LogP contribution in [0.2, 0.25) is 0 Å². The Labute approximate surface area is 125 Å². The summed E-state index contributed by atoms with van der Waals surface area (Å²) in [7, 11) is 6.25. The van der Waals surface area contributed by atoms with Crippen LogP contribution in [0.15, 0.2) is 48.5 Å². The van der Waals surface area contributed by atoms with Gasteiger partial charge in [-0.3, -0.25) is 0 Å². The third-order valence-corrected chi connectivity index (χ3v) is 2.42. The van der Waals surface area contributed by atoms with E-state index in [-0.39, 0.29) is 5.56 Å². The number of carboxylic acids is 1. The lowest BCUT2D eigenvalue weighted by molar-refractivity contribution is -0.836. The number of rotatable bonds is 3. The summed E-state index contributed by atoms with van der Waals surface area (Å²) >= 11 is 0. The molecule has 0 aliphatic carbocycles. The number of ether oxygens (including phenoxy) is 1. The summed E-state index contributed by atoms with van der Waals surface area (Å²) in [4.78, 5) is 12.3. The van der Waals surface area contributed by atoms with Crippen LogP contribution in [0.25, 0.3) is 0 Å². The molecule has 0 aromatic heterocycles. The number of benzene rings is 2. The van der Waals surface area contributed by atoms with E-state index in [2.05, 4.69) is 21.1 Å². The molecule has 0 spiro atoms. The molecule has 4 heteroatoms. The Hall–Kier alpha value is -2.33. The average molecular weight is 287 g/mol. The molecule has 0 atom stereocenters. The van der Waals surface area contributed by atoms with Gasteiger partial charge in [0.25, 0.3) is 0 Å². The van der Waals surface area contributed by atoms with Crippen LogP contribution in [0.1, 0.15) is 15.9 Å². The quantitative estimate of drug-likeness (QED) is 0.913. The van der Waals surface area contributed by atoms with Crippen molar-refractivity contribution >= 4 is 5.97 Å². The highest BCUT2D eigenvalue weighted by molar-refractivity contribution is 5.89. The molecule has 0 unspecified atom stereocenters. The van der Waals surface area contributed by atoms with Crippen LogP contribution in [0.3, 0.4) is 0 Å². The van der Waals surface area contributed by atoms with Gasteiger partial charge in [0.05, 0.1) is 27.1 Å². The monoisotopic (exact) mass is 287 g/mol. The highest BCUT2D eigenvalue weighted by Crippen LogP contribution is 2.27. The van der Waals surface area contributed by atoms with Crippen molar-refractivity contribution in [3.05, 3.63) is 59.7 Å². The van der Waals surface area contributed by atoms with Gasteiger partial charge in [0.1, 0.15) is 11.5 Å². The van der Waals surface area contributed by atoms with E-state index in [1.807, 2.05) is 25.1 Å². The van der Waals surface area contributed by atoms with E-state index in [9.17, 15) is 9.90 Å². The maximum Gasteiger partial charge on any atom is 0.136 e. The minimum atomic E-state index is -1.24. The molecule has 4 nitrogen and oxygen atoms in total. The molecule has 2 rings (SSSR count). The third-order valence-electron chi connectivity index (χ3n) is 2.42. The molecule has 0 aliphatic rings. The molecule has 112 valence electrons. The summed E-state index contributed by atoms with van der Waals surface area (Å²) in [6.45, 7) is 1.90. The molecule has 2 aromatic carbocycles. The van der Waals surface area contributed by atoms with Gasteiger partial charge in [0.15, 0.2) is 0 Å². The van der Waals surface area contributed by atoms with Gasteiger partial charge in [-0.05, 0) is 30.7 Å². The Morgan fingerprint density at radius 1 is 0.952 bits per heavy atom. The van der Waals surface area contributed by atoms with Crippen LogP contribution in [0.4, 0.5) is 0 Å². The van der Waals surface area contributed by atoms with E-state index in [0.717, 1.165) is 5.56 Å². The number of aryl methyl sites for hydroxylation is 1. The number of quaternary nitrogens is 1. The fourth-order valence-corrected chi connectivity index (χ4v) is 1.51. The number of carbonyl (C=O) groups excluding carboxylic acids is 1. The number of aromatic carboxylic acids is 1. The molecule has 21 heavy (non-hydrogen) atoms. The van der Waals surface area contributed by atoms with Gasteiger partial charge in [-0.15, -0.1) is 0 Å². The van der Waals surface area contributed by atoms with E-state index in [1.165, 1.54) is 11.0 Å². The van der Waals surface area contributed by atoms with Gasteiger partial charge in [0, 0.05) is 5.56 Å². The van der Waals surface area contributed by atoms with E-state index in [0.29, 0.717) is 11.5 Å². The van der Waals surface area contributed by atoms with Crippen molar-refractivity contribution < 1.29 is 19.5 Å². The van der Waals surface area contributed by atoms with Crippen molar-refractivity contribution in [2.75, 3.05) is 21.1 Å². The average Bonchev–Trinajstić information content (AvgIpc) is 2.41. The highest BCUT2D eigenvalue weighted by atomic mass is 16.5. The molecule has 2 aromatic rings. The molecule has 1 N–H and O–H groups in total. The minimum absolute atomic E-state index is 0.0516. The minimum Gasteiger partial charge on any atom is -0.545 e. The maximum atomic E-state index is 10.9. The van der Waals surface area contributed by atoms with Crippen LogP contribution in [0, 0.1) is 6.92 Å². The topological polar surface area (TPSA) is 53.8 Å². The number of hydrogen-bond acceptors (Lipinski definition) is 3. The van der Waals surface area contributed by atoms with Crippen LogP contribution in [-0.2, 0) is 0 Å². The first-order valence-electron chi connectivity index (χ1n) is 6.72. The summed E-state index contributed by atoms with van der Waals surface area (Å²) in [5, 5.41) is 10.9. The fraction of sp³-hybridized carbons (Fsp3) is 0.235. The Morgan fingerprint density at radius 2 is 1.43 bits per heavy atom. The van der Waals surface area contributed by atoms with E-state index in [4.69, 9.17) is 4.74 Å². The van der Waals surface area contributed by atoms with Crippen molar-refractivity contribution in [2.24, 2.45) is 0 Å². The summed E-state index contributed by atoms with van der Waals surface area (Å²) in [5.41, 5.74) is 0.997. The van der Waals surface area contributed by atoms with Gasteiger partial charge >= 0.3 is 0 Å². The molecule has 0 saturated carbocycles. The largest absolute Gasteiger partial charge is 0.545 e. The summed E-state index contributed by atoms with van der Waals surface area (Å²) in [6, 6.07) is 13.9. The van der Waals surface area contributed by atoms with Gasteiger partial charge < -0.3 is 19.5 Å².